The van der Waals surface area contributed by atoms with Crippen molar-refractivity contribution in [2.45, 2.75) is 0 Å². The predicted octanol–water partition coefficient (Wildman–Crippen LogP) is 26.1. The molecule has 0 aliphatic heterocycles. The third-order valence-corrected chi connectivity index (χ3v) is 24.3. The fraction of sp³-hybridized carbons (Fsp3) is 0. The molecule has 9 nitrogen and oxygen atoms in total. The summed E-state index contributed by atoms with van der Waals surface area (Å²) in [6.07, 6.45) is 0. The van der Waals surface area contributed by atoms with Crippen LogP contribution < -0.4 is 0 Å². The number of benzene rings is 17. The van der Waals surface area contributed by atoms with Gasteiger partial charge >= 0.3 is 0 Å². The van der Waals surface area contributed by atoms with Crippen LogP contribution >= 0.6 is 0 Å². The van der Waals surface area contributed by atoms with Gasteiger partial charge in [0.1, 0.15) is 5.82 Å². The molecule has 17 aromatic carbocycles. The summed E-state index contributed by atoms with van der Waals surface area (Å²) in [4.78, 5) is 22.5. The molecule has 0 atom stereocenters. The first-order chi connectivity index (χ1) is 55.1. The Morgan fingerprint density at radius 2 is 0.640 bits per heavy atom. The first-order valence-corrected chi connectivity index (χ1v) is 38.0. The minimum atomic E-state index is 0.627. The SMILES string of the molecule is c1ccc(-c2ccc(-c3nc(-n4c5c6ccccc6ccc5c5cc6c7cc(-c8ccc(-n9c%10ccccc%10c%10ccc(-c%11nc(-n%12c%13c%14ccccc%14ccc%13c%13cc%14c%15ccccc%15n%15c%16ccccc%16c(c%13%12)c%14%15)nc%12ccccc%11%12)cc%109)cc8)ccc7n7c8ccccc8c(c54)c67)c4ccccc4n3)cc2)cc1. The van der Waals surface area contributed by atoms with E-state index in [1.54, 1.807) is 0 Å². The third kappa shape index (κ3) is 7.96. The molecule has 0 aliphatic rings. The Kier molecular flexibility index (Phi) is 11.6. The highest BCUT2D eigenvalue weighted by molar-refractivity contribution is 6.38. The van der Waals surface area contributed by atoms with Gasteiger partial charge in [-0.25, -0.2) is 19.9 Å². The average molecular weight is 1410 g/mol. The summed E-state index contributed by atoms with van der Waals surface area (Å²) in [5.41, 5.74) is 24.0. The van der Waals surface area contributed by atoms with Crippen LogP contribution in [0.2, 0.25) is 0 Å². The zero-order valence-electron chi connectivity index (χ0n) is 59.4. The quantitative estimate of drug-likeness (QED) is 0.159. The lowest BCUT2D eigenvalue weighted by Gasteiger charge is -2.14. The van der Waals surface area contributed by atoms with Gasteiger partial charge in [-0.3, -0.25) is 9.13 Å². The zero-order valence-corrected chi connectivity index (χ0v) is 59.4. The maximum Gasteiger partial charge on any atom is 0.235 e. The first kappa shape index (κ1) is 59.1. The van der Waals surface area contributed by atoms with E-state index in [1.807, 2.05) is 0 Å². The molecule has 0 saturated carbocycles. The first-order valence-electron chi connectivity index (χ1n) is 38.0. The number of hydrogen-bond donors (Lipinski definition) is 0. The highest BCUT2D eigenvalue weighted by atomic mass is 15.2. The van der Waals surface area contributed by atoms with Gasteiger partial charge in [0.05, 0.1) is 82.9 Å². The van der Waals surface area contributed by atoms with Gasteiger partial charge in [-0.05, 0) is 118 Å². The largest absolute Gasteiger partial charge is 0.309 e. The van der Waals surface area contributed by atoms with Crippen molar-refractivity contribution in [3.8, 4) is 62.4 Å². The second kappa shape index (κ2) is 21.8. The third-order valence-electron chi connectivity index (χ3n) is 24.3. The summed E-state index contributed by atoms with van der Waals surface area (Å²) >= 11 is 0. The highest BCUT2D eigenvalue weighted by Crippen LogP contribution is 2.52. The second-order valence-corrected chi connectivity index (χ2v) is 29.9. The van der Waals surface area contributed by atoms with Gasteiger partial charge in [-0.1, -0.05) is 261 Å². The van der Waals surface area contributed by atoms with Crippen LogP contribution in [-0.2, 0) is 0 Å². The van der Waals surface area contributed by atoms with Crippen LogP contribution in [0, 0.1) is 0 Å². The molecule has 0 radical (unpaired) electrons. The van der Waals surface area contributed by atoms with E-state index in [9.17, 15) is 0 Å². The van der Waals surface area contributed by atoms with Crippen LogP contribution in [0.4, 0.5) is 0 Å². The smallest absolute Gasteiger partial charge is 0.235 e. The standard InChI is InChI=1S/C102H57N9/c1-2-20-58(21-3-1)59-38-40-63(41-39-59)100-103-84-33-15-9-29-75(84)101(106-100)110-94-67-24-6-4-22-61(67)44-51-72(94)80-57-82-78-54-64(47-53-89(78)109-88-37-19-12-30-76(88)91(97(82)109)98(80)110)60-42-48-66(49-43-60)107-85-34-16-10-26-69(85)71-50-46-65(55-90(71)107)93-74-28-8-14-32-83(74)104-102(105-93)111-95-68-25-7-5-23-62(68)45-52-73(95)81-56-79-70-27-11-17-35-86(70)108-87-36-18-13-31-77(87)92(96(79)108)99(81)111/h1-57H. The van der Waals surface area contributed by atoms with Crippen molar-refractivity contribution in [1.29, 1.82) is 0 Å². The Morgan fingerprint density at radius 1 is 0.198 bits per heavy atom. The molecule has 510 valence electrons. The van der Waals surface area contributed by atoms with Crippen LogP contribution in [0.3, 0.4) is 0 Å². The van der Waals surface area contributed by atoms with E-state index in [0.29, 0.717) is 11.8 Å². The molecule has 111 heavy (non-hydrogen) atoms. The van der Waals surface area contributed by atoms with Gasteiger partial charge in [0.25, 0.3) is 0 Å². The molecular weight excluding hydrogens is 1350 g/mol. The van der Waals surface area contributed by atoms with Gasteiger partial charge in [0.2, 0.25) is 5.95 Å². The van der Waals surface area contributed by atoms with Crippen LogP contribution in [0.25, 0.3) is 247 Å². The Morgan fingerprint density at radius 3 is 1.31 bits per heavy atom. The van der Waals surface area contributed by atoms with Gasteiger partial charge in [-0.15, -0.1) is 0 Å². The molecule has 0 N–H and O–H groups in total. The number of rotatable bonds is 7. The number of para-hydroxylation sites is 6. The molecule has 26 rings (SSSR count). The van der Waals surface area contributed by atoms with Crippen molar-refractivity contribution in [1.82, 2.24) is 42.4 Å². The van der Waals surface area contributed by atoms with E-state index in [1.165, 1.54) is 109 Å². The van der Waals surface area contributed by atoms with Gasteiger partial charge in [0.15, 0.2) is 5.82 Å². The average Bonchev–Trinajstić information content (AvgIpc) is 1.51. The molecular formula is C102H57N9. The van der Waals surface area contributed by atoms with Gasteiger partial charge in [0, 0.05) is 114 Å². The van der Waals surface area contributed by atoms with Crippen molar-refractivity contribution in [3.05, 3.63) is 346 Å². The zero-order chi connectivity index (χ0) is 72.0. The molecule has 0 amide bonds. The van der Waals surface area contributed by atoms with E-state index >= 15 is 0 Å². The summed E-state index contributed by atoms with van der Waals surface area (Å²) in [5.74, 6) is 2.15. The fourth-order valence-electron chi connectivity index (χ4n) is 19.6. The molecule has 0 fully saturated rings. The molecule has 0 bridgehead atoms. The normalized spacial score (nSPS) is 12.5. The minimum absolute atomic E-state index is 0.627. The molecule has 9 heteroatoms. The monoisotopic (exact) mass is 1410 g/mol. The molecule has 0 unspecified atom stereocenters. The molecule has 9 heterocycles. The maximum absolute atomic E-state index is 5.87. The van der Waals surface area contributed by atoms with E-state index in [-0.39, 0.29) is 0 Å². The highest BCUT2D eigenvalue weighted by Gasteiger charge is 2.30. The molecule has 0 aliphatic carbocycles. The van der Waals surface area contributed by atoms with Crippen molar-refractivity contribution in [2.75, 3.05) is 0 Å². The summed E-state index contributed by atoms with van der Waals surface area (Å²) in [6, 6.07) is 127. The number of nitrogens with zero attached hydrogens (tertiary/aromatic N) is 9. The van der Waals surface area contributed by atoms with E-state index < -0.39 is 0 Å². The molecule has 0 spiro atoms. The lowest BCUT2D eigenvalue weighted by molar-refractivity contribution is 1.02. The van der Waals surface area contributed by atoms with Gasteiger partial charge in [-0.2, -0.15) is 0 Å². The Balaban J connectivity index is 0.645. The predicted molar refractivity (Wildman–Crippen MR) is 462 cm³/mol. The number of fused-ring (bicyclic) bond motifs is 29. The summed E-state index contributed by atoms with van der Waals surface area (Å²) in [7, 11) is 0. The van der Waals surface area contributed by atoms with E-state index in [4.69, 9.17) is 19.9 Å². The van der Waals surface area contributed by atoms with Crippen LogP contribution in [0.1, 0.15) is 0 Å². The maximum atomic E-state index is 5.87. The lowest BCUT2D eigenvalue weighted by Crippen LogP contribution is -2.04. The molecule has 26 aromatic rings. The van der Waals surface area contributed by atoms with Crippen molar-refractivity contribution in [2.24, 2.45) is 0 Å². The van der Waals surface area contributed by atoms with E-state index in [0.717, 1.165) is 127 Å². The molecule has 9 aromatic heterocycles. The minimum Gasteiger partial charge on any atom is -0.309 e. The number of hydrogen-bond acceptors (Lipinski definition) is 4. The summed E-state index contributed by atoms with van der Waals surface area (Å²) in [6.45, 7) is 0. The number of aromatic nitrogens is 9. The van der Waals surface area contributed by atoms with Crippen molar-refractivity contribution in [3.63, 3.8) is 0 Å². The Labute approximate surface area is 631 Å². The Bertz CT molecular complexity index is 8570. The van der Waals surface area contributed by atoms with Crippen molar-refractivity contribution < 1.29 is 0 Å². The van der Waals surface area contributed by atoms with Crippen LogP contribution in [0.5, 0.6) is 0 Å². The summed E-state index contributed by atoms with van der Waals surface area (Å²) in [5, 5.41) is 23.3. The van der Waals surface area contributed by atoms with E-state index in [2.05, 4.69) is 368 Å². The second-order valence-electron chi connectivity index (χ2n) is 29.9. The topological polar surface area (TPSA) is 75.2 Å². The van der Waals surface area contributed by atoms with Gasteiger partial charge < -0.3 is 13.4 Å². The molecule has 0 saturated heterocycles. The van der Waals surface area contributed by atoms with Crippen molar-refractivity contribution >= 4 is 185 Å². The summed E-state index contributed by atoms with van der Waals surface area (Å²) < 4.78 is 12.3. The van der Waals surface area contributed by atoms with Crippen LogP contribution in [0.15, 0.2) is 346 Å². The lowest BCUT2D eigenvalue weighted by atomic mass is 9.99. The fourth-order valence-corrected chi connectivity index (χ4v) is 19.6. The van der Waals surface area contributed by atoms with Crippen LogP contribution in [-0.4, -0.2) is 42.4 Å². The Hall–Kier alpha value is -15.1.